The van der Waals surface area contributed by atoms with Gasteiger partial charge in [-0.15, -0.1) is 0 Å². The Morgan fingerprint density at radius 2 is 1.71 bits per heavy atom. The monoisotopic (exact) mass is 299 g/mol. The third-order valence-corrected chi connectivity index (χ3v) is 4.53. The lowest BCUT2D eigenvalue weighted by Crippen LogP contribution is -2.40. The van der Waals surface area contributed by atoms with Gasteiger partial charge < -0.3 is 4.90 Å². The molecule has 3 heteroatoms. The summed E-state index contributed by atoms with van der Waals surface area (Å²) in [5.41, 5.74) is 2.89. The van der Waals surface area contributed by atoms with Gasteiger partial charge in [0.2, 0.25) is 0 Å². The molecule has 0 atom stereocenters. The van der Waals surface area contributed by atoms with Crippen LogP contribution in [-0.4, -0.2) is 17.4 Å². The molecule has 1 aliphatic rings. The number of hydrogen-bond acceptors (Lipinski definition) is 1. The second-order valence-corrected chi connectivity index (χ2v) is 6.37. The lowest BCUT2D eigenvalue weighted by atomic mass is 9.94. The predicted molar refractivity (Wildman–Crippen MR) is 85.7 cm³/mol. The van der Waals surface area contributed by atoms with Crippen molar-refractivity contribution in [2.45, 2.75) is 25.8 Å². The molecule has 0 unspecified atom stereocenters. The molecule has 1 amide bonds. The highest BCUT2D eigenvalue weighted by Crippen LogP contribution is 2.38. The lowest BCUT2D eigenvalue weighted by Gasteiger charge is -2.32. The molecule has 108 valence electrons. The van der Waals surface area contributed by atoms with E-state index in [0.29, 0.717) is 6.54 Å². The van der Waals surface area contributed by atoms with Gasteiger partial charge in [-0.2, -0.15) is 0 Å². The molecule has 0 radical (unpaired) electrons. The average Bonchev–Trinajstić information content (AvgIpc) is 2.67. The number of rotatable bonds is 3. The van der Waals surface area contributed by atoms with Gasteiger partial charge >= 0.3 is 0 Å². The summed E-state index contributed by atoms with van der Waals surface area (Å²) in [5.74, 6) is 0.129. The Morgan fingerprint density at radius 1 is 1.05 bits per heavy atom. The maximum absolute atomic E-state index is 12.6. The van der Waals surface area contributed by atoms with Crippen LogP contribution in [0.5, 0.6) is 0 Å². The molecule has 2 aromatic rings. The molecule has 0 aromatic heterocycles. The number of halogens is 1. The van der Waals surface area contributed by atoms with Crippen molar-refractivity contribution in [3.05, 3.63) is 70.2 Å². The van der Waals surface area contributed by atoms with Crippen LogP contribution in [0.4, 0.5) is 0 Å². The largest absolute Gasteiger partial charge is 0.329 e. The molecule has 2 aromatic carbocycles. The summed E-state index contributed by atoms with van der Waals surface area (Å²) in [5, 5.41) is 0.740. The second-order valence-electron chi connectivity index (χ2n) is 5.94. The number of carbonyl (C=O) groups excluding carboxylic acids is 1. The number of nitrogens with zero attached hydrogens (tertiary/aromatic N) is 1. The molecule has 0 N–H and O–H groups in total. The van der Waals surface area contributed by atoms with E-state index in [4.69, 9.17) is 11.6 Å². The van der Waals surface area contributed by atoms with Crippen molar-refractivity contribution in [3.8, 4) is 0 Å². The highest BCUT2D eigenvalue weighted by atomic mass is 35.5. The zero-order valence-corrected chi connectivity index (χ0v) is 13.0. The first kappa shape index (κ1) is 14.2. The van der Waals surface area contributed by atoms with Crippen LogP contribution < -0.4 is 0 Å². The summed E-state index contributed by atoms with van der Waals surface area (Å²) in [6, 6.07) is 15.7. The molecular formula is C18H18ClNO. The van der Waals surface area contributed by atoms with E-state index in [9.17, 15) is 4.79 Å². The molecule has 0 bridgehead atoms. The third kappa shape index (κ3) is 2.44. The number of hydrogen-bond donors (Lipinski definition) is 0. The minimum absolute atomic E-state index is 0.129. The first-order chi connectivity index (χ1) is 10.00. The molecule has 1 heterocycles. The standard InChI is InChI=1S/C18H18ClNO/c1-18(2)16-6-4-3-5-15(16)17(21)20(18)12-11-13-7-9-14(19)10-8-13/h3-10H,11-12H2,1-2H3. The highest BCUT2D eigenvalue weighted by Gasteiger charge is 2.41. The minimum Gasteiger partial charge on any atom is -0.329 e. The SMILES string of the molecule is CC1(C)c2ccccc2C(=O)N1CCc1ccc(Cl)cc1. The van der Waals surface area contributed by atoms with Crippen LogP contribution in [0.1, 0.15) is 35.3 Å². The van der Waals surface area contributed by atoms with Crippen molar-refractivity contribution in [2.24, 2.45) is 0 Å². The second kappa shape index (κ2) is 5.19. The van der Waals surface area contributed by atoms with Crippen LogP contribution in [0.25, 0.3) is 0 Å². The Morgan fingerprint density at radius 3 is 2.38 bits per heavy atom. The van der Waals surface area contributed by atoms with E-state index in [1.54, 1.807) is 0 Å². The lowest BCUT2D eigenvalue weighted by molar-refractivity contribution is 0.0622. The van der Waals surface area contributed by atoms with Gasteiger partial charge in [0.15, 0.2) is 0 Å². The van der Waals surface area contributed by atoms with E-state index in [2.05, 4.69) is 19.9 Å². The first-order valence-corrected chi connectivity index (χ1v) is 7.54. The number of fused-ring (bicyclic) bond motifs is 1. The Hall–Kier alpha value is -1.80. The number of benzene rings is 2. The molecular weight excluding hydrogens is 282 g/mol. The van der Waals surface area contributed by atoms with Crippen LogP contribution in [0.15, 0.2) is 48.5 Å². The van der Waals surface area contributed by atoms with Crippen LogP contribution >= 0.6 is 11.6 Å². The maximum atomic E-state index is 12.6. The smallest absolute Gasteiger partial charge is 0.254 e. The molecule has 0 fully saturated rings. The van der Waals surface area contributed by atoms with Crippen LogP contribution in [0.2, 0.25) is 5.02 Å². The van der Waals surface area contributed by atoms with Crippen molar-refractivity contribution in [1.82, 2.24) is 4.90 Å². The average molecular weight is 300 g/mol. The Labute approximate surface area is 130 Å². The van der Waals surface area contributed by atoms with Gasteiger partial charge in [-0.1, -0.05) is 41.9 Å². The van der Waals surface area contributed by atoms with Gasteiger partial charge in [-0.05, 0) is 49.6 Å². The van der Waals surface area contributed by atoms with Crippen molar-refractivity contribution >= 4 is 17.5 Å². The van der Waals surface area contributed by atoms with Gasteiger partial charge in [0.05, 0.1) is 5.54 Å². The van der Waals surface area contributed by atoms with Gasteiger partial charge in [0.25, 0.3) is 5.91 Å². The van der Waals surface area contributed by atoms with Gasteiger partial charge in [-0.3, -0.25) is 4.79 Å². The van der Waals surface area contributed by atoms with Crippen LogP contribution in [0, 0.1) is 0 Å². The molecule has 1 aliphatic heterocycles. The highest BCUT2D eigenvalue weighted by molar-refractivity contribution is 6.30. The topological polar surface area (TPSA) is 20.3 Å². The summed E-state index contributed by atoms with van der Waals surface area (Å²) in [4.78, 5) is 14.6. The van der Waals surface area contributed by atoms with Crippen LogP contribution in [0.3, 0.4) is 0 Å². The summed E-state index contributed by atoms with van der Waals surface area (Å²) < 4.78 is 0. The van der Waals surface area contributed by atoms with E-state index in [1.165, 1.54) is 5.56 Å². The van der Waals surface area contributed by atoms with Gasteiger partial charge in [0, 0.05) is 17.1 Å². The molecule has 0 saturated heterocycles. The quantitative estimate of drug-likeness (QED) is 0.828. The number of amides is 1. The fraction of sp³-hybridized carbons (Fsp3) is 0.278. The predicted octanol–water partition coefficient (Wildman–Crippen LogP) is 4.27. The molecule has 21 heavy (non-hydrogen) atoms. The molecule has 0 aliphatic carbocycles. The van der Waals surface area contributed by atoms with Gasteiger partial charge in [-0.25, -0.2) is 0 Å². The molecule has 0 saturated carbocycles. The first-order valence-electron chi connectivity index (χ1n) is 7.16. The van der Waals surface area contributed by atoms with Gasteiger partial charge in [0.1, 0.15) is 0 Å². The Balaban J connectivity index is 1.81. The van der Waals surface area contributed by atoms with E-state index in [1.807, 2.05) is 47.4 Å². The summed E-state index contributed by atoms with van der Waals surface area (Å²) >= 11 is 5.90. The van der Waals surface area contributed by atoms with E-state index >= 15 is 0 Å². The van der Waals surface area contributed by atoms with Crippen molar-refractivity contribution in [1.29, 1.82) is 0 Å². The number of carbonyl (C=O) groups is 1. The molecule has 3 rings (SSSR count). The maximum Gasteiger partial charge on any atom is 0.254 e. The van der Waals surface area contributed by atoms with E-state index in [-0.39, 0.29) is 11.4 Å². The minimum atomic E-state index is -0.250. The summed E-state index contributed by atoms with van der Waals surface area (Å²) in [6.07, 6.45) is 0.834. The zero-order valence-electron chi connectivity index (χ0n) is 12.3. The molecule has 0 spiro atoms. The van der Waals surface area contributed by atoms with Crippen molar-refractivity contribution in [3.63, 3.8) is 0 Å². The van der Waals surface area contributed by atoms with Crippen LogP contribution in [-0.2, 0) is 12.0 Å². The molecule has 2 nitrogen and oxygen atoms in total. The normalized spacial score (nSPS) is 16.1. The fourth-order valence-corrected chi connectivity index (χ4v) is 3.15. The summed E-state index contributed by atoms with van der Waals surface area (Å²) in [6.45, 7) is 4.93. The Bertz CT molecular complexity index is 676. The van der Waals surface area contributed by atoms with E-state index < -0.39 is 0 Å². The van der Waals surface area contributed by atoms with Crippen molar-refractivity contribution in [2.75, 3.05) is 6.54 Å². The summed E-state index contributed by atoms with van der Waals surface area (Å²) in [7, 11) is 0. The Kier molecular flexibility index (Phi) is 3.50. The van der Waals surface area contributed by atoms with Crippen molar-refractivity contribution < 1.29 is 4.79 Å². The zero-order chi connectivity index (χ0) is 15.0. The third-order valence-electron chi connectivity index (χ3n) is 4.27. The fourth-order valence-electron chi connectivity index (χ4n) is 3.02. The van der Waals surface area contributed by atoms with E-state index in [0.717, 1.165) is 22.6 Å².